The van der Waals surface area contributed by atoms with E-state index in [-0.39, 0.29) is 29.1 Å². The zero-order valence-electron chi connectivity index (χ0n) is 21.9. The maximum absolute atomic E-state index is 13.8. The van der Waals surface area contributed by atoms with E-state index in [1.807, 2.05) is 44.2 Å². The summed E-state index contributed by atoms with van der Waals surface area (Å²) in [5, 5.41) is 2.90. The van der Waals surface area contributed by atoms with E-state index >= 15 is 0 Å². The Morgan fingerprint density at radius 1 is 0.895 bits per heavy atom. The standard InChI is InChI=1S/C29H34FN3O4S/c1-4-22(2)31-29(35)23(3)32(20-19-24-11-7-5-8-12-24)28(34)21-33(26-17-15-25(30)16-18-26)38(36,37)27-13-9-6-10-14-27/h5-18,22-23H,4,19-21H2,1-3H3,(H,31,35)/t22-,23-/m0/s1. The first-order valence-corrected chi connectivity index (χ1v) is 14.0. The number of carbonyl (C=O) groups excluding carboxylic acids is 2. The molecule has 3 aromatic carbocycles. The average Bonchev–Trinajstić information content (AvgIpc) is 2.93. The third-order valence-corrected chi connectivity index (χ3v) is 8.17. The van der Waals surface area contributed by atoms with Crippen molar-refractivity contribution >= 4 is 27.5 Å². The average molecular weight is 540 g/mol. The summed E-state index contributed by atoms with van der Waals surface area (Å²) in [4.78, 5) is 28.2. The van der Waals surface area contributed by atoms with E-state index in [9.17, 15) is 22.4 Å². The molecule has 0 aliphatic heterocycles. The van der Waals surface area contributed by atoms with Crippen LogP contribution in [0.4, 0.5) is 10.1 Å². The molecule has 0 unspecified atom stereocenters. The largest absolute Gasteiger partial charge is 0.352 e. The minimum absolute atomic E-state index is 0.00415. The van der Waals surface area contributed by atoms with Crippen molar-refractivity contribution in [2.45, 2.75) is 50.6 Å². The summed E-state index contributed by atoms with van der Waals surface area (Å²) < 4.78 is 41.9. The van der Waals surface area contributed by atoms with Crippen LogP contribution in [0.25, 0.3) is 0 Å². The molecule has 0 fully saturated rings. The Labute approximate surface area is 224 Å². The number of nitrogens with one attached hydrogen (secondary N) is 1. The predicted octanol–water partition coefficient (Wildman–Crippen LogP) is 4.40. The first-order valence-electron chi connectivity index (χ1n) is 12.6. The lowest BCUT2D eigenvalue weighted by molar-refractivity contribution is -0.139. The summed E-state index contributed by atoms with van der Waals surface area (Å²) in [6.45, 7) is 5.11. The van der Waals surface area contributed by atoms with Crippen LogP contribution in [0.1, 0.15) is 32.8 Å². The van der Waals surface area contributed by atoms with Crippen molar-refractivity contribution in [1.82, 2.24) is 10.2 Å². The molecule has 7 nitrogen and oxygen atoms in total. The normalized spacial score (nSPS) is 12.8. The van der Waals surface area contributed by atoms with E-state index in [0.29, 0.717) is 6.42 Å². The van der Waals surface area contributed by atoms with Gasteiger partial charge in [0.25, 0.3) is 10.0 Å². The Hall–Kier alpha value is -3.72. The van der Waals surface area contributed by atoms with Crippen LogP contribution in [0.2, 0.25) is 0 Å². The summed E-state index contributed by atoms with van der Waals surface area (Å²) in [5.41, 5.74) is 1.12. The second-order valence-electron chi connectivity index (χ2n) is 9.12. The summed E-state index contributed by atoms with van der Waals surface area (Å²) >= 11 is 0. The molecule has 38 heavy (non-hydrogen) atoms. The number of hydrogen-bond acceptors (Lipinski definition) is 4. The number of benzene rings is 3. The Kier molecular flexibility index (Phi) is 10.0. The number of amides is 2. The van der Waals surface area contributed by atoms with E-state index in [4.69, 9.17) is 0 Å². The van der Waals surface area contributed by atoms with Crippen LogP contribution < -0.4 is 9.62 Å². The quantitative estimate of drug-likeness (QED) is 0.370. The Morgan fingerprint density at radius 3 is 2.05 bits per heavy atom. The topological polar surface area (TPSA) is 86.8 Å². The monoisotopic (exact) mass is 539 g/mol. The van der Waals surface area contributed by atoms with Gasteiger partial charge in [-0.25, -0.2) is 12.8 Å². The van der Waals surface area contributed by atoms with E-state index in [1.54, 1.807) is 25.1 Å². The third kappa shape index (κ3) is 7.41. The number of halogens is 1. The van der Waals surface area contributed by atoms with Crippen molar-refractivity contribution in [1.29, 1.82) is 0 Å². The number of carbonyl (C=O) groups is 2. The molecule has 2 atom stereocenters. The van der Waals surface area contributed by atoms with Crippen molar-refractivity contribution in [3.8, 4) is 0 Å². The number of nitrogens with zero attached hydrogens (tertiary/aromatic N) is 2. The SMILES string of the molecule is CC[C@H](C)NC(=O)[C@H](C)N(CCc1ccccc1)C(=O)CN(c1ccc(F)cc1)S(=O)(=O)c1ccccc1. The molecule has 0 bridgehead atoms. The molecule has 0 heterocycles. The molecule has 0 aliphatic rings. The smallest absolute Gasteiger partial charge is 0.264 e. The molecular formula is C29H34FN3O4S. The lowest BCUT2D eigenvalue weighted by Gasteiger charge is -2.32. The molecule has 0 aromatic heterocycles. The highest BCUT2D eigenvalue weighted by atomic mass is 32.2. The van der Waals surface area contributed by atoms with Crippen LogP contribution in [0.5, 0.6) is 0 Å². The van der Waals surface area contributed by atoms with Gasteiger partial charge in [0.2, 0.25) is 11.8 Å². The van der Waals surface area contributed by atoms with E-state index in [0.717, 1.165) is 28.4 Å². The second-order valence-corrected chi connectivity index (χ2v) is 11.0. The lowest BCUT2D eigenvalue weighted by atomic mass is 10.1. The van der Waals surface area contributed by atoms with Crippen LogP contribution in [-0.4, -0.2) is 50.3 Å². The van der Waals surface area contributed by atoms with E-state index in [2.05, 4.69) is 5.32 Å². The van der Waals surface area contributed by atoms with Crippen molar-refractivity contribution in [3.63, 3.8) is 0 Å². The van der Waals surface area contributed by atoms with Crippen molar-refractivity contribution in [2.75, 3.05) is 17.4 Å². The van der Waals surface area contributed by atoms with Gasteiger partial charge >= 0.3 is 0 Å². The molecular weight excluding hydrogens is 505 g/mol. The Bertz CT molecular complexity index is 1300. The van der Waals surface area contributed by atoms with Crippen LogP contribution in [0.15, 0.2) is 89.8 Å². The summed E-state index contributed by atoms with van der Waals surface area (Å²) in [6, 6.07) is 21.3. The predicted molar refractivity (Wildman–Crippen MR) is 147 cm³/mol. The fourth-order valence-corrected chi connectivity index (χ4v) is 5.33. The van der Waals surface area contributed by atoms with Crippen LogP contribution >= 0.6 is 0 Å². The first kappa shape index (κ1) is 28.8. The molecule has 3 rings (SSSR count). The van der Waals surface area contributed by atoms with Gasteiger partial charge in [0.15, 0.2) is 0 Å². The maximum Gasteiger partial charge on any atom is 0.264 e. The van der Waals surface area contributed by atoms with Gasteiger partial charge in [0, 0.05) is 12.6 Å². The van der Waals surface area contributed by atoms with Gasteiger partial charge in [-0.1, -0.05) is 55.5 Å². The minimum Gasteiger partial charge on any atom is -0.352 e. The minimum atomic E-state index is -4.17. The fourth-order valence-electron chi connectivity index (χ4n) is 3.89. The van der Waals surface area contributed by atoms with Crippen molar-refractivity contribution in [3.05, 3.63) is 96.3 Å². The molecule has 202 valence electrons. The van der Waals surface area contributed by atoms with E-state index < -0.39 is 34.3 Å². The second kappa shape index (κ2) is 13.2. The van der Waals surface area contributed by atoms with Gasteiger partial charge in [-0.15, -0.1) is 0 Å². The fraction of sp³-hybridized carbons (Fsp3) is 0.310. The number of sulfonamides is 1. The number of anilines is 1. The Morgan fingerprint density at radius 2 is 1.47 bits per heavy atom. The van der Waals surface area contributed by atoms with Crippen LogP contribution in [0.3, 0.4) is 0 Å². The van der Waals surface area contributed by atoms with Gasteiger partial charge in [-0.3, -0.25) is 13.9 Å². The first-order chi connectivity index (χ1) is 18.1. The highest BCUT2D eigenvalue weighted by molar-refractivity contribution is 7.92. The van der Waals surface area contributed by atoms with Crippen molar-refractivity contribution < 1.29 is 22.4 Å². The molecule has 3 aromatic rings. The highest BCUT2D eigenvalue weighted by Gasteiger charge is 2.32. The third-order valence-electron chi connectivity index (χ3n) is 6.38. The van der Waals surface area contributed by atoms with Gasteiger partial charge in [-0.05, 0) is 68.7 Å². The van der Waals surface area contributed by atoms with E-state index in [1.165, 1.54) is 29.2 Å². The molecule has 0 spiro atoms. The Balaban J connectivity index is 1.95. The van der Waals surface area contributed by atoms with Gasteiger partial charge in [0.1, 0.15) is 18.4 Å². The summed E-state index contributed by atoms with van der Waals surface area (Å²) in [5.74, 6) is -1.39. The van der Waals surface area contributed by atoms with Crippen LogP contribution in [0, 0.1) is 5.82 Å². The zero-order chi connectivity index (χ0) is 27.7. The molecule has 0 saturated heterocycles. The zero-order valence-corrected chi connectivity index (χ0v) is 22.7. The van der Waals surface area contributed by atoms with Gasteiger partial charge in [0.05, 0.1) is 10.6 Å². The molecule has 2 amide bonds. The maximum atomic E-state index is 13.8. The molecule has 9 heteroatoms. The van der Waals surface area contributed by atoms with Crippen LogP contribution in [-0.2, 0) is 26.0 Å². The van der Waals surface area contributed by atoms with Gasteiger partial charge in [-0.2, -0.15) is 0 Å². The molecule has 0 radical (unpaired) electrons. The summed E-state index contributed by atoms with van der Waals surface area (Å²) in [7, 11) is -4.17. The van der Waals surface area contributed by atoms with Crippen molar-refractivity contribution in [2.24, 2.45) is 0 Å². The highest BCUT2D eigenvalue weighted by Crippen LogP contribution is 2.24. The molecule has 1 N–H and O–H groups in total. The number of rotatable bonds is 12. The van der Waals surface area contributed by atoms with Gasteiger partial charge < -0.3 is 10.2 Å². The number of hydrogen-bond donors (Lipinski definition) is 1. The molecule has 0 aliphatic carbocycles. The lowest BCUT2D eigenvalue weighted by Crippen LogP contribution is -2.53. The summed E-state index contributed by atoms with van der Waals surface area (Å²) in [6.07, 6.45) is 1.21. The molecule has 0 saturated carbocycles.